The SMILES string of the molecule is CCOC(=O)C1CCN(C(=O)c2cc(=O)[nH]c3ccccc23)CC1. The van der Waals surface area contributed by atoms with E-state index in [1.54, 1.807) is 17.9 Å². The van der Waals surface area contributed by atoms with Crippen LogP contribution >= 0.6 is 0 Å². The summed E-state index contributed by atoms with van der Waals surface area (Å²) in [4.78, 5) is 40.9. The molecule has 1 amide bonds. The van der Waals surface area contributed by atoms with Crippen LogP contribution in [0.3, 0.4) is 0 Å². The molecular weight excluding hydrogens is 308 g/mol. The number of hydrogen-bond donors (Lipinski definition) is 1. The zero-order valence-electron chi connectivity index (χ0n) is 13.6. The molecular formula is C18H20N2O4. The number of aromatic nitrogens is 1. The van der Waals surface area contributed by atoms with E-state index in [9.17, 15) is 14.4 Å². The summed E-state index contributed by atoms with van der Waals surface area (Å²) in [6.07, 6.45) is 1.18. The van der Waals surface area contributed by atoms with E-state index in [1.807, 2.05) is 18.2 Å². The molecule has 0 atom stereocenters. The zero-order chi connectivity index (χ0) is 17.1. The van der Waals surface area contributed by atoms with Gasteiger partial charge in [0.2, 0.25) is 5.56 Å². The van der Waals surface area contributed by atoms with Gasteiger partial charge in [0.25, 0.3) is 5.91 Å². The van der Waals surface area contributed by atoms with Crippen molar-refractivity contribution in [3.8, 4) is 0 Å². The molecule has 6 heteroatoms. The minimum absolute atomic E-state index is 0.148. The second-order valence-electron chi connectivity index (χ2n) is 5.91. The predicted octanol–water partition coefficient (Wildman–Crippen LogP) is 1.94. The number of nitrogens with one attached hydrogen (secondary N) is 1. The molecule has 6 nitrogen and oxygen atoms in total. The normalized spacial score (nSPS) is 15.5. The van der Waals surface area contributed by atoms with Crippen molar-refractivity contribution in [2.24, 2.45) is 5.92 Å². The number of amides is 1. The van der Waals surface area contributed by atoms with E-state index in [-0.39, 0.29) is 23.4 Å². The van der Waals surface area contributed by atoms with E-state index in [4.69, 9.17) is 4.74 Å². The molecule has 0 unspecified atom stereocenters. The topological polar surface area (TPSA) is 79.5 Å². The monoisotopic (exact) mass is 328 g/mol. The maximum absolute atomic E-state index is 12.8. The summed E-state index contributed by atoms with van der Waals surface area (Å²) >= 11 is 0. The Morgan fingerprint density at radius 2 is 1.96 bits per heavy atom. The fourth-order valence-corrected chi connectivity index (χ4v) is 3.13. The van der Waals surface area contributed by atoms with Crippen molar-refractivity contribution in [1.82, 2.24) is 9.88 Å². The molecule has 0 radical (unpaired) electrons. The summed E-state index contributed by atoms with van der Waals surface area (Å²) in [6.45, 7) is 3.14. The summed E-state index contributed by atoms with van der Waals surface area (Å²) in [5.74, 6) is -0.504. The lowest BCUT2D eigenvalue weighted by molar-refractivity contribution is -0.149. The van der Waals surface area contributed by atoms with Crippen LogP contribution in [0.1, 0.15) is 30.1 Å². The number of piperidine rings is 1. The first-order valence-corrected chi connectivity index (χ1v) is 8.18. The molecule has 1 aliphatic rings. The number of fused-ring (bicyclic) bond motifs is 1. The van der Waals surface area contributed by atoms with Crippen LogP contribution in [0.5, 0.6) is 0 Å². The molecule has 1 fully saturated rings. The van der Waals surface area contributed by atoms with Crippen molar-refractivity contribution in [3.63, 3.8) is 0 Å². The minimum atomic E-state index is -0.293. The molecule has 2 aromatic rings. The molecule has 0 bridgehead atoms. The molecule has 1 aromatic heterocycles. The van der Waals surface area contributed by atoms with Crippen LogP contribution in [0.2, 0.25) is 0 Å². The second kappa shape index (κ2) is 6.86. The number of nitrogens with zero attached hydrogens (tertiary/aromatic N) is 1. The van der Waals surface area contributed by atoms with Crippen molar-refractivity contribution >= 4 is 22.8 Å². The molecule has 1 aliphatic heterocycles. The number of likely N-dealkylation sites (tertiary alicyclic amines) is 1. The van der Waals surface area contributed by atoms with Gasteiger partial charge in [-0.3, -0.25) is 14.4 Å². The lowest BCUT2D eigenvalue weighted by Crippen LogP contribution is -2.41. The van der Waals surface area contributed by atoms with Gasteiger partial charge >= 0.3 is 5.97 Å². The highest BCUT2D eigenvalue weighted by Gasteiger charge is 2.29. The van der Waals surface area contributed by atoms with Gasteiger partial charge in [0, 0.05) is 30.1 Å². The Kier molecular flexibility index (Phi) is 4.64. The third-order valence-corrected chi connectivity index (χ3v) is 4.38. The van der Waals surface area contributed by atoms with Crippen molar-refractivity contribution in [1.29, 1.82) is 0 Å². The van der Waals surface area contributed by atoms with Gasteiger partial charge in [0.15, 0.2) is 0 Å². The van der Waals surface area contributed by atoms with E-state index < -0.39 is 0 Å². The van der Waals surface area contributed by atoms with Crippen molar-refractivity contribution in [3.05, 3.63) is 46.2 Å². The van der Waals surface area contributed by atoms with E-state index in [0.717, 1.165) is 5.39 Å². The Balaban J connectivity index is 1.79. The maximum Gasteiger partial charge on any atom is 0.309 e. The molecule has 126 valence electrons. The lowest BCUT2D eigenvalue weighted by Gasteiger charge is -2.31. The Labute approximate surface area is 139 Å². The van der Waals surface area contributed by atoms with Crippen LogP contribution in [0.4, 0.5) is 0 Å². The summed E-state index contributed by atoms with van der Waals surface area (Å²) in [6, 6.07) is 8.61. The molecule has 0 aliphatic carbocycles. The number of carbonyl (C=O) groups is 2. The first-order chi connectivity index (χ1) is 11.6. The van der Waals surface area contributed by atoms with Gasteiger partial charge in [-0.25, -0.2) is 0 Å². The number of esters is 1. The number of rotatable bonds is 3. The van der Waals surface area contributed by atoms with Crippen LogP contribution in [-0.4, -0.2) is 41.5 Å². The van der Waals surface area contributed by atoms with Gasteiger partial charge in [-0.2, -0.15) is 0 Å². The largest absolute Gasteiger partial charge is 0.466 e. The zero-order valence-corrected chi connectivity index (χ0v) is 13.6. The van der Waals surface area contributed by atoms with Gasteiger partial charge in [-0.1, -0.05) is 18.2 Å². The summed E-state index contributed by atoms with van der Waals surface area (Å²) < 4.78 is 5.05. The number of aromatic amines is 1. The first-order valence-electron chi connectivity index (χ1n) is 8.18. The van der Waals surface area contributed by atoms with Crippen LogP contribution in [-0.2, 0) is 9.53 Å². The average molecular weight is 328 g/mol. The van der Waals surface area contributed by atoms with Gasteiger partial charge in [-0.05, 0) is 25.8 Å². The Hall–Kier alpha value is -2.63. The van der Waals surface area contributed by atoms with Crippen LogP contribution in [0.15, 0.2) is 35.1 Å². The van der Waals surface area contributed by atoms with Crippen LogP contribution in [0.25, 0.3) is 10.9 Å². The highest BCUT2D eigenvalue weighted by atomic mass is 16.5. The molecule has 3 rings (SSSR count). The van der Waals surface area contributed by atoms with Gasteiger partial charge < -0.3 is 14.6 Å². The maximum atomic E-state index is 12.8. The van der Waals surface area contributed by atoms with E-state index in [0.29, 0.717) is 43.6 Å². The Morgan fingerprint density at radius 1 is 1.25 bits per heavy atom. The van der Waals surface area contributed by atoms with Crippen molar-refractivity contribution in [2.45, 2.75) is 19.8 Å². The third kappa shape index (κ3) is 3.18. The fourth-order valence-electron chi connectivity index (χ4n) is 3.13. The van der Waals surface area contributed by atoms with E-state index in [1.165, 1.54) is 6.07 Å². The third-order valence-electron chi connectivity index (χ3n) is 4.38. The fraction of sp³-hybridized carbons (Fsp3) is 0.389. The van der Waals surface area contributed by atoms with Gasteiger partial charge in [-0.15, -0.1) is 0 Å². The average Bonchev–Trinajstić information content (AvgIpc) is 2.60. The van der Waals surface area contributed by atoms with Crippen molar-refractivity contribution in [2.75, 3.05) is 19.7 Å². The van der Waals surface area contributed by atoms with Gasteiger partial charge in [0.1, 0.15) is 0 Å². The van der Waals surface area contributed by atoms with E-state index in [2.05, 4.69) is 4.98 Å². The Bertz CT molecular complexity index is 819. The molecule has 0 saturated carbocycles. The minimum Gasteiger partial charge on any atom is -0.466 e. The molecule has 0 spiro atoms. The summed E-state index contributed by atoms with van der Waals surface area (Å²) in [7, 11) is 0. The summed E-state index contributed by atoms with van der Waals surface area (Å²) in [5, 5.41) is 0.731. The number of benzene rings is 1. The highest BCUT2D eigenvalue weighted by molar-refractivity contribution is 6.06. The van der Waals surface area contributed by atoms with Crippen LogP contribution < -0.4 is 5.56 Å². The number of hydrogen-bond acceptors (Lipinski definition) is 4. The quantitative estimate of drug-likeness (QED) is 0.873. The smallest absolute Gasteiger partial charge is 0.309 e. The summed E-state index contributed by atoms with van der Waals surface area (Å²) in [5.41, 5.74) is 0.761. The molecule has 1 saturated heterocycles. The first kappa shape index (κ1) is 16.2. The second-order valence-corrected chi connectivity index (χ2v) is 5.91. The molecule has 1 aromatic carbocycles. The number of ether oxygens (including phenoxy) is 1. The number of H-pyrrole nitrogens is 1. The molecule has 1 N–H and O–H groups in total. The molecule has 24 heavy (non-hydrogen) atoms. The van der Waals surface area contributed by atoms with Gasteiger partial charge in [0.05, 0.1) is 18.1 Å². The Morgan fingerprint density at radius 3 is 2.67 bits per heavy atom. The van der Waals surface area contributed by atoms with E-state index >= 15 is 0 Å². The standard InChI is InChI=1S/C18H20N2O4/c1-2-24-18(23)12-7-9-20(10-8-12)17(22)14-11-16(21)19-15-6-4-3-5-13(14)15/h3-6,11-12H,2,7-10H2,1H3,(H,19,21). The molecule has 2 heterocycles. The number of para-hydroxylation sites is 1. The highest BCUT2D eigenvalue weighted by Crippen LogP contribution is 2.22. The predicted molar refractivity (Wildman–Crippen MR) is 89.8 cm³/mol. The van der Waals surface area contributed by atoms with Crippen LogP contribution in [0, 0.1) is 5.92 Å². The number of pyridine rings is 1. The number of carbonyl (C=O) groups excluding carboxylic acids is 2. The van der Waals surface area contributed by atoms with Crippen molar-refractivity contribution < 1.29 is 14.3 Å². The lowest BCUT2D eigenvalue weighted by atomic mass is 9.96.